The van der Waals surface area contributed by atoms with Crippen LogP contribution in [-0.2, 0) is 20.9 Å². The van der Waals surface area contributed by atoms with Crippen molar-refractivity contribution in [3.8, 4) is 0 Å². The number of likely N-dealkylation sites (tertiary alicyclic amines) is 1. The third-order valence-corrected chi connectivity index (χ3v) is 6.78. The SMILES string of the molecule is CCOC(=O)c1[nH]c(C)c(C(O)=C2C(=O)C(=O)N(CCCn3ccnc3)[C@H]2c2ccc(Br)cc2)c1C. The van der Waals surface area contributed by atoms with Crippen LogP contribution in [0.2, 0.25) is 0 Å². The standard InChI is InChI=1S/C26H27BrN4O5/c1-4-36-26(35)21-15(2)19(16(3)29-21)23(32)20-22(17-6-8-18(27)9-7-17)31(25(34)24(20)33)12-5-11-30-13-10-28-14-30/h6-10,13-14,22,29,32H,4-5,11-12H2,1-3H3/t22-/m0/s1. The van der Waals surface area contributed by atoms with Crippen molar-refractivity contribution in [1.82, 2.24) is 19.4 Å². The molecule has 1 saturated heterocycles. The number of Topliss-reactive ketones (excluding diaryl/α,β-unsaturated/α-hetero) is 1. The van der Waals surface area contributed by atoms with Crippen LogP contribution >= 0.6 is 15.9 Å². The topological polar surface area (TPSA) is 118 Å². The van der Waals surface area contributed by atoms with Gasteiger partial charge in [-0.2, -0.15) is 0 Å². The number of nitrogens with one attached hydrogen (secondary N) is 1. The summed E-state index contributed by atoms with van der Waals surface area (Å²) in [4.78, 5) is 47.4. The maximum Gasteiger partial charge on any atom is 0.355 e. The Labute approximate surface area is 216 Å². The molecule has 4 rings (SSSR count). The minimum absolute atomic E-state index is 0.00874. The summed E-state index contributed by atoms with van der Waals surface area (Å²) < 4.78 is 7.85. The maximum absolute atomic E-state index is 13.3. The highest BCUT2D eigenvalue weighted by Crippen LogP contribution is 2.41. The molecule has 9 nitrogen and oxygen atoms in total. The number of benzene rings is 1. The molecule has 1 aromatic carbocycles. The lowest BCUT2D eigenvalue weighted by Crippen LogP contribution is -2.31. The number of hydrogen-bond donors (Lipinski definition) is 2. The van der Waals surface area contributed by atoms with Gasteiger partial charge in [0.05, 0.1) is 24.5 Å². The molecule has 0 bridgehead atoms. The first-order valence-electron chi connectivity index (χ1n) is 11.6. The Kier molecular flexibility index (Phi) is 7.44. The largest absolute Gasteiger partial charge is 0.507 e. The lowest BCUT2D eigenvalue weighted by atomic mass is 9.94. The molecule has 1 amide bonds. The van der Waals surface area contributed by atoms with Crippen LogP contribution in [0.15, 0.2) is 53.0 Å². The Morgan fingerprint density at radius 2 is 1.92 bits per heavy atom. The Balaban J connectivity index is 1.78. The van der Waals surface area contributed by atoms with E-state index in [4.69, 9.17) is 4.74 Å². The van der Waals surface area contributed by atoms with Crippen LogP contribution in [0.3, 0.4) is 0 Å². The molecule has 2 N–H and O–H groups in total. The van der Waals surface area contributed by atoms with Crippen molar-refractivity contribution in [1.29, 1.82) is 0 Å². The number of halogens is 1. The highest BCUT2D eigenvalue weighted by atomic mass is 79.9. The number of rotatable bonds is 8. The summed E-state index contributed by atoms with van der Waals surface area (Å²) in [5, 5.41) is 11.5. The number of esters is 1. The van der Waals surface area contributed by atoms with Gasteiger partial charge in [0.15, 0.2) is 0 Å². The van der Waals surface area contributed by atoms with E-state index in [9.17, 15) is 19.5 Å². The van der Waals surface area contributed by atoms with Crippen LogP contribution < -0.4 is 0 Å². The summed E-state index contributed by atoms with van der Waals surface area (Å²) in [6.45, 7) is 6.19. The quantitative estimate of drug-likeness (QED) is 0.186. The van der Waals surface area contributed by atoms with E-state index in [1.807, 2.05) is 35.0 Å². The van der Waals surface area contributed by atoms with E-state index < -0.39 is 23.7 Å². The number of aromatic nitrogens is 3. The van der Waals surface area contributed by atoms with Crippen LogP contribution in [0, 0.1) is 13.8 Å². The number of aliphatic hydroxyl groups excluding tert-OH is 1. The van der Waals surface area contributed by atoms with Gasteiger partial charge in [-0.15, -0.1) is 0 Å². The minimum atomic E-state index is -0.777. The van der Waals surface area contributed by atoms with E-state index in [-0.39, 0.29) is 23.6 Å². The number of carbonyl (C=O) groups excluding carboxylic acids is 3. The number of nitrogens with zero attached hydrogens (tertiary/aromatic N) is 3. The number of aromatic amines is 1. The lowest BCUT2D eigenvalue weighted by Gasteiger charge is -2.25. The van der Waals surface area contributed by atoms with Crippen molar-refractivity contribution in [3.05, 3.63) is 81.1 Å². The summed E-state index contributed by atoms with van der Waals surface area (Å²) in [5.41, 5.74) is 2.14. The predicted octanol–water partition coefficient (Wildman–Crippen LogP) is 4.28. The van der Waals surface area contributed by atoms with Crippen molar-refractivity contribution in [2.75, 3.05) is 13.2 Å². The molecule has 3 aromatic rings. The van der Waals surface area contributed by atoms with Gasteiger partial charge in [-0.05, 0) is 50.5 Å². The fourth-order valence-electron chi connectivity index (χ4n) is 4.59. The van der Waals surface area contributed by atoms with E-state index in [0.717, 1.165) is 4.47 Å². The van der Waals surface area contributed by atoms with Crippen molar-refractivity contribution < 1.29 is 24.2 Å². The molecule has 2 aromatic heterocycles. The average molecular weight is 555 g/mol. The van der Waals surface area contributed by atoms with Gasteiger partial charge in [-0.25, -0.2) is 9.78 Å². The first kappa shape index (κ1) is 25.4. The summed E-state index contributed by atoms with van der Waals surface area (Å²) >= 11 is 3.42. The summed E-state index contributed by atoms with van der Waals surface area (Å²) in [6.07, 6.45) is 5.80. The summed E-state index contributed by atoms with van der Waals surface area (Å²) in [5.74, 6) is -2.31. The van der Waals surface area contributed by atoms with Gasteiger partial charge in [0, 0.05) is 41.2 Å². The summed E-state index contributed by atoms with van der Waals surface area (Å²) in [6, 6.07) is 6.51. The number of ether oxygens (including phenoxy) is 1. The zero-order chi connectivity index (χ0) is 26.0. The molecule has 10 heteroatoms. The van der Waals surface area contributed by atoms with Crippen LogP contribution in [0.5, 0.6) is 0 Å². The Hall–Kier alpha value is -3.66. The zero-order valence-corrected chi connectivity index (χ0v) is 21.8. The van der Waals surface area contributed by atoms with E-state index in [1.165, 1.54) is 4.90 Å². The number of hydrogen-bond acceptors (Lipinski definition) is 6. The molecular formula is C26H27BrN4O5. The molecule has 1 aliphatic heterocycles. The maximum atomic E-state index is 13.3. The van der Waals surface area contributed by atoms with Gasteiger partial charge in [0.1, 0.15) is 11.5 Å². The van der Waals surface area contributed by atoms with Gasteiger partial charge in [-0.1, -0.05) is 28.1 Å². The molecule has 1 atom stereocenters. The lowest BCUT2D eigenvalue weighted by molar-refractivity contribution is -0.139. The third kappa shape index (κ3) is 4.73. The number of amides is 1. The van der Waals surface area contributed by atoms with Crippen LogP contribution in [0.1, 0.15) is 52.3 Å². The van der Waals surface area contributed by atoms with Crippen molar-refractivity contribution >= 4 is 39.3 Å². The second-order valence-corrected chi connectivity index (χ2v) is 9.46. The number of carbonyl (C=O) groups is 3. The third-order valence-electron chi connectivity index (χ3n) is 6.25. The minimum Gasteiger partial charge on any atom is -0.507 e. The average Bonchev–Trinajstić information content (AvgIpc) is 3.53. The Bertz CT molecular complexity index is 1330. The molecule has 0 spiro atoms. The molecule has 0 radical (unpaired) electrons. The van der Waals surface area contributed by atoms with Crippen molar-refractivity contribution in [2.45, 2.75) is 39.8 Å². The first-order valence-corrected chi connectivity index (χ1v) is 12.4. The van der Waals surface area contributed by atoms with Gasteiger partial charge < -0.3 is 24.3 Å². The highest BCUT2D eigenvalue weighted by Gasteiger charge is 2.46. The van der Waals surface area contributed by atoms with Crippen LogP contribution in [0.25, 0.3) is 5.76 Å². The molecule has 0 saturated carbocycles. The molecule has 3 heterocycles. The molecule has 0 unspecified atom stereocenters. The Morgan fingerprint density at radius 1 is 1.19 bits per heavy atom. The molecule has 36 heavy (non-hydrogen) atoms. The molecule has 1 aliphatic rings. The van der Waals surface area contributed by atoms with E-state index in [1.54, 1.807) is 33.3 Å². The Morgan fingerprint density at radius 3 is 2.56 bits per heavy atom. The van der Waals surface area contributed by atoms with Crippen molar-refractivity contribution in [3.63, 3.8) is 0 Å². The van der Waals surface area contributed by atoms with Gasteiger partial charge in [0.2, 0.25) is 0 Å². The van der Waals surface area contributed by atoms with E-state index in [2.05, 4.69) is 25.9 Å². The molecule has 1 fully saturated rings. The van der Waals surface area contributed by atoms with E-state index in [0.29, 0.717) is 41.9 Å². The van der Waals surface area contributed by atoms with Gasteiger partial charge in [-0.3, -0.25) is 9.59 Å². The number of imidazole rings is 1. The number of aryl methyl sites for hydroxylation is 2. The second kappa shape index (κ2) is 10.5. The highest BCUT2D eigenvalue weighted by molar-refractivity contribution is 9.10. The van der Waals surface area contributed by atoms with Gasteiger partial charge >= 0.3 is 5.97 Å². The van der Waals surface area contributed by atoms with Crippen LogP contribution in [-0.4, -0.2) is 55.4 Å². The number of ketones is 1. The zero-order valence-electron chi connectivity index (χ0n) is 20.2. The van der Waals surface area contributed by atoms with Crippen LogP contribution in [0.4, 0.5) is 0 Å². The summed E-state index contributed by atoms with van der Waals surface area (Å²) in [7, 11) is 0. The smallest absolute Gasteiger partial charge is 0.355 e. The van der Waals surface area contributed by atoms with Crippen molar-refractivity contribution in [2.24, 2.45) is 0 Å². The number of aliphatic hydroxyl groups is 1. The predicted molar refractivity (Wildman–Crippen MR) is 136 cm³/mol. The molecule has 188 valence electrons. The first-order chi connectivity index (χ1) is 17.2. The van der Waals surface area contributed by atoms with E-state index >= 15 is 0 Å². The number of H-pyrrole nitrogens is 1. The fourth-order valence-corrected chi connectivity index (χ4v) is 4.86. The fraction of sp³-hybridized carbons (Fsp3) is 0.308. The molecular weight excluding hydrogens is 528 g/mol. The molecule has 0 aliphatic carbocycles. The second-order valence-electron chi connectivity index (χ2n) is 8.54. The monoisotopic (exact) mass is 554 g/mol. The van der Waals surface area contributed by atoms with Gasteiger partial charge in [0.25, 0.3) is 11.7 Å². The normalized spacial score (nSPS) is 17.1.